The lowest BCUT2D eigenvalue weighted by Gasteiger charge is -2.11. The number of ketones is 1. The third-order valence-electron chi connectivity index (χ3n) is 3.22. The van der Waals surface area contributed by atoms with Gasteiger partial charge >= 0.3 is 0 Å². The van der Waals surface area contributed by atoms with Gasteiger partial charge in [-0.25, -0.2) is 0 Å². The summed E-state index contributed by atoms with van der Waals surface area (Å²) in [4.78, 5) is 12.2. The van der Waals surface area contributed by atoms with Crippen molar-refractivity contribution in [3.05, 3.63) is 65.7 Å². The van der Waals surface area contributed by atoms with Gasteiger partial charge in [-0.1, -0.05) is 43.7 Å². The van der Waals surface area contributed by atoms with Crippen molar-refractivity contribution in [2.75, 3.05) is 6.61 Å². The van der Waals surface area contributed by atoms with E-state index in [-0.39, 0.29) is 12.4 Å². The van der Waals surface area contributed by atoms with Gasteiger partial charge in [-0.3, -0.25) is 4.79 Å². The van der Waals surface area contributed by atoms with Crippen LogP contribution in [0.5, 0.6) is 5.75 Å². The molecule has 0 radical (unpaired) electrons. The molecule has 0 aliphatic carbocycles. The third-order valence-corrected chi connectivity index (χ3v) is 3.22. The molecule has 0 aromatic heterocycles. The summed E-state index contributed by atoms with van der Waals surface area (Å²) in [7, 11) is 0. The summed E-state index contributed by atoms with van der Waals surface area (Å²) < 4.78 is 5.50. The van der Waals surface area contributed by atoms with Crippen LogP contribution in [0.25, 0.3) is 0 Å². The van der Waals surface area contributed by atoms with Crippen LogP contribution >= 0.6 is 0 Å². The van der Waals surface area contributed by atoms with E-state index in [0.29, 0.717) is 16.9 Å². The second-order valence-corrected chi connectivity index (χ2v) is 4.97. The van der Waals surface area contributed by atoms with E-state index >= 15 is 0 Å². The van der Waals surface area contributed by atoms with Crippen molar-refractivity contribution in [3.8, 4) is 5.75 Å². The fourth-order valence-electron chi connectivity index (χ4n) is 2.07. The molecule has 0 spiro atoms. The molecule has 0 fully saturated rings. The van der Waals surface area contributed by atoms with Crippen LogP contribution in [-0.4, -0.2) is 23.6 Å². The molecule has 0 heterocycles. The number of aliphatic hydroxyl groups excluding tert-OH is 1. The van der Waals surface area contributed by atoms with Gasteiger partial charge in [0.1, 0.15) is 12.4 Å². The van der Waals surface area contributed by atoms with Gasteiger partial charge in [-0.05, 0) is 30.7 Å². The molecule has 2 aromatic rings. The number of carbonyl (C=O) groups is 1. The fourth-order valence-corrected chi connectivity index (χ4v) is 2.07. The lowest BCUT2D eigenvalue weighted by atomic mass is 10.0. The summed E-state index contributed by atoms with van der Waals surface area (Å²) in [6.07, 6.45) is 1.21. The second-order valence-electron chi connectivity index (χ2n) is 4.97. The van der Waals surface area contributed by atoms with Crippen molar-refractivity contribution in [3.63, 3.8) is 0 Å². The van der Waals surface area contributed by atoms with Crippen molar-refractivity contribution in [1.29, 1.82) is 0 Å². The Hall–Kier alpha value is -2.13. The molecule has 3 nitrogen and oxygen atoms in total. The first kappa shape index (κ1) is 15.3. The summed E-state index contributed by atoms with van der Waals surface area (Å²) in [5.74, 6) is 0.655. The Morgan fingerprint density at radius 2 is 1.67 bits per heavy atom. The molecule has 1 atom stereocenters. The lowest BCUT2D eigenvalue weighted by molar-refractivity contribution is 0.0991. The zero-order valence-corrected chi connectivity index (χ0v) is 12.2. The molecule has 0 saturated carbocycles. The summed E-state index contributed by atoms with van der Waals surface area (Å²) in [5.41, 5.74) is 1.30. The van der Waals surface area contributed by atoms with E-state index in [2.05, 4.69) is 0 Å². The molecular formula is C18H20O3. The third kappa shape index (κ3) is 4.43. The van der Waals surface area contributed by atoms with E-state index in [9.17, 15) is 9.90 Å². The largest absolute Gasteiger partial charge is 0.491 e. The van der Waals surface area contributed by atoms with Crippen LogP contribution in [0.15, 0.2) is 54.6 Å². The molecule has 0 bridgehead atoms. The van der Waals surface area contributed by atoms with Crippen molar-refractivity contribution in [1.82, 2.24) is 0 Å². The molecule has 0 aliphatic heterocycles. The highest BCUT2D eigenvalue weighted by Crippen LogP contribution is 2.16. The monoisotopic (exact) mass is 284 g/mol. The van der Waals surface area contributed by atoms with E-state index in [1.54, 1.807) is 36.4 Å². The molecule has 0 aliphatic rings. The molecule has 2 rings (SSSR count). The number of benzene rings is 2. The van der Waals surface area contributed by atoms with Crippen molar-refractivity contribution < 1.29 is 14.6 Å². The summed E-state index contributed by atoms with van der Waals surface area (Å²) in [6.45, 7) is 2.30. The Morgan fingerprint density at radius 1 is 1.05 bits per heavy atom. The summed E-state index contributed by atoms with van der Waals surface area (Å²) in [6, 6.07) is 16.2. The Balaban J connectivity index is 1.97. The number of hydrogen-bond donors (Lipinski definition) is 1. The first-order valence-electron chi connectivity index (χ1n) is 7.21. The summed E-state index contributed by atoms with van der Waals surface area (Å²) in [5, 5.41) is 9.62. The zero-order chi connectivity index (χ0) is 15.1. The quantitative estimate of drug-likeness (QED) is 0.792. The predicted molar refractivity (Wildman–Crippen MR) is 82.7 cm³/mol. The van der Waals surface area contributed by atoms with E-state index in [4.69, 9.17) is 4.74 Å². The minimum Gasteiger partial charge on any atom is -0.491 e. The number of ether oxygens (including phenoxy) is 1. The van der Waals surface area contributed by atoms with Crippen LogP contribution in [0.4, 0.5) is 0 Å². The van der Waals surface area contributed by atoms with Gasteiger partial charge in [-0.15, -0.1) is 0 Å². The van der Waals surface area contributed by atoms with Crippen LogP contribution in [0.2, 0.25) is 0 Å². The maximum atomic E-state index is 12.2. The van der Waals surface area contributed by atoms with Gasteiger partial charge in [0, 0.05) is 11.1 Å². The minimum atomic E-state index is -0.444. The first-order chi connectivity index (χ1) is 10.2. The SMILES string of the molecule is CCCC(O)COc1ccc(C(=O)c2ccccc2)cc1. The molecule has 1 unspecified atom stereocenters. The maximum Gasteiger partial charge on any atom is 0.193 e. The highest BCUT2D eigenvalue weighted by molar-refractivity contribution is 6.08. The zero-order valence-electron chi connectivity index (χ0n) is 12.2. The normalized spacial score (nSPS) is 11.9. The summed E-state index contributed by atoms with van der Waals surface area (Å²) >= 11 is 0. The molecule has 2 aromatic carbocycles. The highest BCUT2D eigenvalue weighted by atomic mass is 16.5. The molecule has 110 valence electrons. The molecule has 0 amide bonds. The highest BCUT2D eigenvalue weighted by Gasteiger charge is 2.09. The Morgan fingerprint density at radius 3 is 2.29 bits per heavy atom. The Kier molecular flexibility index (Phi) is 5.52. The van der Waals surface area contributed by atoms with Crippen LogP contribution < -0.4 is 4.74 Å². The number of aliphatic hydroxyl groups is 1. The van der Waals surface area contributed by atoms with E-state index in [1.165, 1.54) is 0 Å². The molecular weight excluding hydrogens is 264 g/mol. The van der Waals surface area contributed by atoms with E-state index in [1.807, 2.05) is 25.1 Å². The van der Waals surface area contributed by atoms with Gasteiger partial charge in [-0.2, -0.15) is 0 Å². The first-order valence-corrected chi connectivity index (χ1v) is 7.21. The number of hydrogen-bond acceptors (Lipinski definition) is 3. The number of rotatable bonds is 7. The van der Waals surface area contributed by atoms with Gasteiger partial charge in [0.15, 0.2) is 5.78 Å². The maximum absolute atomic E-state index is 12.2. The van der Waals surface area contributed by atoms with Gasteiger partial charge in [0.25, 0.3) is 0 Å². The Bertz CT molecular complexity index is 561. The topological polar surface area (TPSA) is 46.5 Å². The number of carbonyl (C=O) groups excluding carboxylic acids is 1. The molecule has 1 N–H and O–H groups in total. The average Bonchev–Trinajstić information content (AvgIpc) is 2.54. The lowest BCUT2D eigenvalue weighted by Crippen LogP contribution is -2.16. The van der Waals surface area contributed by atoms with Crippen molar-refractivity contribution in [2.24, 2.45) is 0 Å². The van der Waals surface area contributed by atoms with Crippen LogP contribution in [0.3, 0.4) is 0 Å². The predicted octanol–water partition coefficient (Wildman–Crippen LogP) is 3.46. The second kappa shape index (κ2) is 7.60. The van der Waals surface area contributed by atoms with E-state index < -0.39 is 6.10 Å². The van der Waals surface area contributed by atoms with Gasteiger partial charge in [0.2, 0.25) is 0 Å². The van der Waals surface area contributed by atoms with Crippen molar-refractivity contribution >= 4 is 5.78 Å². The molecule has 3 heteroatoms. The van der Waals surface area contributed by atoms with Gasteiger partial charge < -0.3 is 9.84 Å². The molecule has 21 heavy (non-hydrogen) atoms. The minimum absolute atomic E-state index is 0.00633. The fraction of sp³-hybridized carbons (Fsp3) is 0.278. The van der Waals surface area contributed by atoms with Crippen LogP contribution in [0.1, 0.15) is 35.7 Å². The van der Waals surface area contributed by atoms with Gasteiger partial charge in [0.05, 0.1) is 6.10 Å². The Labute approximate surface area is 125 Å². The average molecular weight is 284 g/mol. The van der Waals surface area contributed by atoms with Crippen LogP contribution in [0, 0.1) is 0 Å². The van der Waals surface area contributed by atoms with Crippen LogP contribution in [-0.2, 0) is 0 Å². The smallest absolute Gasteiger partial charge is 0.193 e. The standard InChI is InChI=1S/C18H20O3/c1-2-6-16(19)13-21-17-11-9-15(10-12-17)18(20)14-7-4-3-5-8-14/h3-5,7-12,16,19H,2,6,13H2,1H3. The van der Waals surface area contributed by atoms with E-state index in [0.717, 1.165) is 12.8 Å². The molecule has 0 saturated heterocycles. The van der Waals surface area contributed by atoms with Crippen molar-refractivity contribution in [2.45, 2.75) is 25.9 Å².